The number of hydrogen-bond acceptors (Lipinski definition) is 6. The Balaban J connectivity index is 1.63. The molecule has 0 aliphatic heterocycles. The summed E-state index contributed by atoms with van der Waals surface area (Å²) in [6.07, 6.45) is 0. The quantitative estimate of drug-likeness (QED) is 0.386. The SMILES string of the molecule is COc1ccc(CNC(=O)c2ccc3c(c2)c(=O)n(Cc2ccc(S(N)(=O)=O)cc2)c(=O)n3C)cc1. The Labute approximate surface area is 206 Å². The molecule has 4 rings (SSSR count). The van der Waals surface area contributed by atoms with Gasteiger partial charge in [0.15, 0.2) is 0 Å². The van der Waals surface area contributed by atoms with E-state index in [1.165, 1.54) is 41.9 Å². The van der Waals surface area contributed by atoms with E-state index in [4.69, 9.17) is 9.88 Å². The van der Waals surface area contributed by atoms with Crippen molar-refractivity contribution in [2.75, 3.05) is 7.11 Å². The number of benzene rings is 3. The molecule has 0 saturated carbocycles. The van der Waals surface area contributed by atoms with E-state index in [9.17, 15) is 22.8 Å². The third kappa shape index (κ3) is 5.07. The highest BCUT2D eigenvalue weighted by Crippen LogP contribution is 2.14. The molecule has 0 atom stereocenters. The summed E-state index contributed by atoms with van der Waals surface area (Å²) >= 11 is 0. The molecule has 0 radical (unpaired) electrons. The highest BCUT2D eigenvalue weighted by atomic mass is 32.2. The number of amides is 1. The molecular weight excluding hydrogens is 484 g/mol. The van der Waals surface area contributed by atoms with E-state index in [0.29, 0.717) is 16.8 Å². The average Bonchev–Trinajstić information content (AvgIpc) is 2.88. The molecule has 1 amide bonds. The van der Waals surface area contributed by atoms with Gasteiger partial charge in [-0.15, -0.1) is 0 Å². The Kier molecular flexibility index (Phi) is 6.77. The number of hydrogen-bond donors (Lipinski definition) is 2. The highest BCUT2D eigenvalue weighted by Gasteiger charge is 2.15. The van der Waals surface area contributed by atoms with Crippen LogP contribution in [0.15, 0.2) is 81.2 Å². The van der Waals surface area contributed by atoms with Crippen LogP contribution in [0, 0.1) is 0 Å². The summed E-state index contributed by atoms with van der Waals surface area (Å²) in [5.74, 6) is 0.341. The third-order valence-corrected chi connectivity index (χ3v) is 6.75. The molecule has 1 heterocycles. The summed E-state index contributed by atoms with van der Waals surface area (Å²) in [6.45, 7) is 0.202. The number of carbonyl (C=O) groups is 1. The monoisotopic (exact) mass is 508 g/mol. The number of fused-ring (bicyclic) bond motifs is 1. The van der Waals surface area contributed by atoms with Gasteiger partial charge in [0.25, 0.3) is 11.5 Å². The van der Waals surface area contributed by atoms with Gasteiger partial charge in [-0.25, -0.2) is 18.4 Å². The molecule has 10 nitrogen and oxygen atoms in total. The predicted molar refractivity (Wildman–Crippen MR) is 135 cm³/mol. The van der Waals surface area contributed by atoms with Gasteiger partial charge in [-0.3, -0.25) is 18.7 Å². The first-order valence-electron chi connectivity index (χ1n) is 10.8. The van der Waals surface area contributed by atoms with E-state index in [-0.39, 0.29) is 34.8 Å². The van der Waals surface area contributed by atoms with Crippen LogP contribution in [0.4, 0.5) is 0 Å². The second-order valence-corrected chi connectivity index (χ2v) is 9.75. The molecule has 11 heteroatoms. The Hall–Kier alpha value is -4.22. The number of rotatable bonds is 7. The fourth-order valence-corrected chi connectivity index (χ4v) is 4.31. The van der Waals surface area contributed by atoms with Gasteiger partial charge in [-0.2, -0.15) is 0 Å². The molecular formula is C25H24N4O6S. The van der Waals surface area contributed by atoms with Crippen molar-refractivity contribution in [2.24, 2.45) is 12.2 Å². The number of nitrogens with zero attached hydrogens (tertiary/aromatic N) is 2. The van der Waals surface area contributed by atoms with Crippen LogP contribution in [-0.2, 0) is 30.2 Å². The first kappa shape index (κ1) is 24.9. The molecule has 0 saturated heterocycles. The fourth-order valence-electron chi connectivity index (χ4n) is 3.79. The predicted octanol–water partition coefficient (Wildman–Crippen LogP) is 1.33. The number of aryl methyl sites for hydroxylation is 1. The van der Waals surface area contributed by atoms with Gasteiger partial charge in [0.2, 0.25) is 10.0 Å². The Morgan fingerprint density at radius 1 is 0.972 bits per heavy atom. The Morgan fingerprint density at radius 2 is 1.61 bits per heavy atom. The smallest absolute Gasteiger partial charge is 0.331 e. The van der Waals surface area contributed by atoms with Crippen molar-refractivity contribution >= 4 is 26.8 Å². The van der Waals surface area contributed by atoms with Gasteiger partial charge in [0, 0.05) is 19.2 Å². The van der Waals surface area contributed by atoms with E-state index < -0.39 is 21.3 Å². The molecule has 0 aliphatic carbocycles. The average molecular weight is 509 g/mol. The van der Waals surface area contributed by atoms with Gasteiger partial charge in [0.1, 0.15) is 5.75 Å². The van der Waals surface area contributed by atoms with Crippen LogP contribution in [0.5, 0.6) is 5.75 Å². The minimum absolute atomic E-state index is 0.0738. The van der Waals surface area contributed by atoms with Gasteiger partial charge in [0.05, 0.1) is 29.5 Å². The normalized spacial score (nSPS) is 11.4. The fraction of sp³-hybridized carbons (Fsp3) is 0.160. The minimum atomic E-state index is -3.86. The lowest BCUT2D eigenvalue weighted by Crippen LogP contribution is -2.39. The number of nitrogens with two attached hydrogens (primary N) is 1. The lowest BCUT2D eigenvalue weighted by atomic mass is 10.1. The zero-order chi connectivity index (χ0) is 26.0. The second kappa shape index (κ2) is 9.80. The minimum Gasteiger partial charge on any atom is -0.497 e. The molecule has 0 spiro atoms. The summed E-state index contributed by atoms with van der Waals surface area (Å²) in [5.41, 5.74) is 0.971. The summed E-state index contributed by atoms with van der Waals surface area (Å²) < 4.78 is 30.4. The van der Waals surface area contributed by atoms with Crippen molar-refractivity contribution in [1.29, 1.82) is 0 Å². The van der Waals surface area contributed by atoms with Crippen LogP contribution in [0.2, 0.25) is 0 Å². The number of aromatic nitrogens is 2. The van der Waals surface area contributed by atoms with Crippen LogP contribution >= 0.6 is 0 Å². The number of sulfonamides is 1. The number of ether oxygens (including phenoxy) is 1. The van der Waals surface area contributed by atoms with Gasteiger partial charge >= 0.3 is 5.69 Å². The van der Waals surface area contributed by atoms with E-state index in [1.807, 2.05) is 12.1 Å². The van der Waals surface area contributed by atoms with E-state index in [2.05, 4.69) is 5.32 Å². The van der Waals surface area contributed by atoms with Crippen LogP contribution in [0.1, 0.15) is 21.5 Å². The Morgan fingerprint density at radius 3 is 2.22 bits per heavy atom. The van der Waals surface area contributed by atoms with Crippen LogP contribution < -0.4 is 26.4 Å². The van der Waals surface area contributed by atoms with Crippen LogP contribution in [0.25, 0.3) is 10.9 Å². The molecule has 36 heavy (non-hydrogen) atoms. The van der Waals surface area contributed by atoms with E-state index in [1.54, 1.807) is 31.4 Å². The zero-order valence-corrected chi connectivity index (χ0v) is 20.4. The lowest BCUT2D eigenvalue weighted by molar-refractivity contribution is 0.0951. The van der Waals surface area contributed by atoms with Crippen molar-refractivity contribution < 1.29 is 17.9 Å². The first-order valence-corrected chi connectivity index (χ1v) is 12.4. The number of carbonyl (C=O) groups excluding carboxylic acids is 1. The summed E-state index contributed by atoms with van der Waals surface area (Å²) in [7, 11) is -0.751. The topological polar surface area (TPSA) is 142 Å². The molecule has 4 aromatic rings. The summed E-state index contributed by atoms with van der Waals surface area (Å²) in [6, 6.07) is 17.4. The molecule has 0 bridgehead atoms. The standard InChI is InChI=1S/C25H24N4O6S/c1-28-22-12-7-18(23(30)27-14-16-3-8-19(35-2)9-4-16)13-21(22)24(31)29(25(28)32)15-17-5-10-20(11-6-17)36(26,33)34/h3-13H,14-15H2,1-2H3,(H,27,30)(H2,26,33,34). The molecule has 0 aliphatic rings. The Bertz CT molecular complexity index is 1670. The van der Waals surface area contributed by atoms with Crippen molar-refractivity contribution in [3.05, 3.63) is 104 Å². The molecule has 0 fully saturated rings. The highest BCUT2D eigenvalue weighted by molar-refractivity contribution is 7.89. The first-order chi connectivity index (χ1) is 17.1. The maximum atomic E-state index is 13.2. The van der Waals surface area contributed by atoms with Crippen molar-refractivity contribution in [3.8, 4) is 5.75 Å². The summed E-state index contributed by atoms with van der Waals surface area (Å²) in [5, 5.41) is 8.14. The van der Waals surface area contributed by atoms with Gasteiger partial charge < -0.3 is 10.1 Å². The maximum absolute atomic E-state index is 13.2. The van der Waals surface area contributed by atoms with Crippen LogP contribution in [0.3, 0.4) is 0 Å². The number of methoxy groups -OCH3 is 1. The maximum Gasteiger partial charge on any atom is 0.331 e. The van der Waals surface area contributed by atoms with Crippen molar-refractivity contribution in [2.45, 2.75) is 18.0 Å². The van der Waals surface area contributed by atoms with Gasteiger partial charge in [-0.1, -0.05) is 24.3 Å². The zero-order valence-electron chi connectivity index (χ0n) is 19.6. The largest absolute Gasteiger partial charge is 0.497 e. The number of primary sulfonamides is 1. The van der Waals surface area contributed by atoms with E-state index in [0.717, 1.165) is 10.1 Å². The van der Waals surface area contributed by atoms with Gasteiger partial charge in [-0.05, 0) is 53.6 Å². The molecule has 1 aromatic heterocycles. The molecule has 186 valence electrons. The summed E-state index contributed by atoms with van der Waals surface area (Å²) in [4.78, 5) is 38.8. The molecule has 3 aromatic carbocycles. The number of nitrogens with one attached hydrogen (secondary N) is 1. The van der Waals surface area contributed by atoms with Crippen molar-refractivity contribution in [1.82, 2.24) is 14.5 Å². The van der Waals surface area contributed by atoms with Crippen molar-refractivity contribution in [3.63, 3.8) is 0 Å². The lowest BCUT2D eigenvalue weighted by Gasteiger charge is -2.12. The third-order valence-electron chi connectivity index (χ3n) is 5.82. The van der Waals surface area contributed by atoms with Crippen LogP contribution in [-0.4, -0.2) is 30.6 Å². The molecule has 3 N–H and O–H groups in total. The molecule has 0 unspecified atom stereocenters. The van der Waals surface area contributed by atoms with E-state index >= 15 is 0 Å². The second-order valence-electron chi connectivity index (χ2n) is 8.18.